The highest BCUT2D eigenvalue weighted by Crippen LogP contribution is 2.30. The molecule has 118 valence electrons. The van der Waals surface area contributed by atoms with Crippen LogP contribution in [0.15, 0.2) is 71.3 Å². The lowest BCUT2D eigenvalue weighted by Gasteiger charge is -2.06. The van der Waals surface area contributed by atoms with E-state index in [9.17, 15) is 0 Å². The Bertz CT molecular complexity index is 1050. The average molecular weight is 316 g/mol. The number of rotatable bonds is 2. The molecule has 0 saturated heterocycles. The van der Waals surface area contributed by atoms with Gasteiger partial charge in [0.2, 0.25) is 11.3 Å². The summed E-state index contributed by atoms with van der Waals surface area (Å²) in [5, 5.41) is 0. The molecular formula is C21H20N2O+2. The largest absolute Gasteiger partial charge is 0.398 e. The van der Waals surface area contributed by atoms with Gasteiger partial charge >= 0.3 is 5.89 Å². The molecule has 2 aromatic carbocycles. The van der Waals surface area contributed by atoms with Crippen molar-refractivity contribution in [2.45, 2.75) is 6.92 Å². The summed E-state index contributed by atoms with van der Waals surface area (Å²) in [6.45, 7) is 2.16. The Labute approximate surface area is 141 Å². The van der Waals surface area contributed by atoms with Gasteiger partial charge in [-0.25, -0.2) is 4.57 Å². The third-order valence-electron chi connectivity index (χ3n) is 4.63. The van der Waals surface area contributed by atoms with Crippen LogP contribution in [-0.2, 0) is 14.1 Å². The van der Waals surface area contributed by atoms with Crippen molar-refractivity contribution >= 4 is 11.1 Å². The summed E-state index contributed by atoms with van der Waals surface area (Å²) >= 11 is 0. The fourth-order valence-electron chi connectivity index (χ4n) is 3.29. The molecule has 0 N–H and O–H groups in total. The van der Waals surface area contributed by atoms with Crippen molar-refractivity contribution < 1.29 is 13.6 Å². The van der Waals surface area contributed by atoms with Gasteiger partial charge in [-0.2, -0.15) is 4.57 Å². The van der Waals surface area contributed by atoms with E-state index in [0.717, 1.165) is 22.6 Å². The number of hydrogen-bond donors (Lipinski definition) is 0. The van der Waals surface area contributed by atoms with E-state index in [-0.39, 0.29) is 0 Å². The minimum absolute atomic E-state index is 0.883. The highest BCUT2D eigenvalue weighted by Gasteiger charge is 2.24. The summed E-state index contributed by atoms with van der Waals surface area (Å²) in [5.41, 5.74) is 6.75. The molecule has 0 saturated carbocycles. The Kier molecular flexibility index (Phi) is 3.42. The molecule has 3 nitrogen and oxygen atoms in total. The first kappa shape index (κ1) is 14.6. The number of pyridine rings is 1. The monoisotopic (exact) mass is 316 g/mol. The summed E-state index contributed by atoms with van der Waals surface area (Å²) < 4.78 is 10.4. The third-order valence-corrected chi connectivity index (χ3v) is 4.63. The molecule has 0 amide bonds. The second kappa shape index (κ2) is 5.60. The van der Waals surface area contributed by atoms with Gasteiger partial charge in [0.25, 0.3) is 5.52 Å². The van der Waals surface area contributed by atoms with Crippen molar-refractivity contribution in [1.29, 1.82) is 0 Å². The highest BCUT2D eigenvalue weighted by atomic mass is 16.4. The van der Waals surface area contributed by atoms with Crippen LogP contribution in [0.1, 0.15) is 5.56 Å². The number of aromatic nitrogens is 2. The van der Waals surface area contributed by atoms with Crippen molar-refractivity contribution in [2.24, 2.45) is 14.1 Å². The normalized spacial score (nSPS) is 11.1. The summed E-state index contributed by atoms with van der Waals surface area (Å²) in [6, 6.07) is 20.8. The van der Waals surface area contributed by atoms with Crippen LogP contribution < -0.4 is 9.13 Å². The Morgan fingerprint density at radius 1 is 0.792 bits per heavy atom. The number of benzene rings is 2. The lowest BCUT2D eigenvalue weighted by atomic mass is 9.99. The number of hydrogen-bond acceptors (Lipinski definition) is 1. The smallest absolute Gasteiger partial charge is 0.381 e. The van der Waals surface area contributed by atoms with Gasteiger partial charge < -0.3 is 4.42 Å². The molecule has 0 aliphatic carbocycles. The predicted octanol–water partition coefficient (Wildman–Crippen LogP) is 3.72. The summed E-state index contributed by atoms with van der Waals surface area (Å²) in [6.07, 6.45) is 2.07. The molecule has 0 spiro atoms. The van der Waals surface area contributed by atoms with Crippen LogP contribution in [0.5, 0.6) is 0 Å². The van der Waals surface area contributed by atoms with E-state index in [1.807, 2.05) is 24.3 Å². The third kappa shape index (κ3) is 2.21. The predicted molar refractivity (Wildman–Crippen MR) is 94.2 cm³/mol. The first-order valence-electron chi connectivity index (χ1n) is 8.09. The van der Waals surface area contributed by atoms with Crippen molar-refractivity contribution in [3.05, 3.63) is 72.4 Å². The van der Waals surface area contributed by atoms with Crippen molar-refractivity contribution in [2.75, 3.05) is 0 Å². The van der Waals surface area contributed by atoms with Crippen LogP contribution >= 0.6 is 0 Å². The second-order valence-electron chi connectivity index (χ2n) is 6.11. The van der Waals surface area contributed by atoms with Crippen LogP contribution in [-0.4, -0.2) is 0 Å². The number of aryl methyl sites for hydroxylation is 2. The van der Waals surface area contributed by atoms with E-state index in [1.54, 1.807) is 0 Å². The Hall–Kier alpha value is -2.94. The zero-order chi connectivity index (χ0) is 16.7. The summed E-state index contributed by atoms with van der Waals surface area (Å²) in [4.78, 5) is 0. The molecule has 4 rings (SSSR count). The zero-order valence-electron chi connectivity index (χ0n) is 14.2. The SMILES string of the molecule is Cc1c(-c2cccc[n+]2C)cccc1-c1oc2ccccc2[n+]1C. The van der Waals surface area contributed by atoms with Crippen molar-refractivity contribution in [1.82, 2.24) is 0 Å². The van der Waals surface area contributed by atoms with Gasteiger partial charge in [-0.05, 0) is 36.8 Å². The zero-order valence-corrected chi connectivity index (χ0v) is 14.2. The summed E-state index contributed by atoms with van der Waals surface area (Å²) in [7, 11) is 4.12. The number of oxazole rings is 1. The quantitative estimate of drug-likeness (QED) is 0.516. The van der Waals surface area contributed by atoms with Gasteiger partial charge in [-0.15, -0.1) is 0 Å². The number of fused-ring (bicyclic) bond motifs is 1. The number of para-hydroxylation sites is 2. The standard InChI is InChI=1S/C21H20N2O/c1-15-16(18-11-6-7-14-22(18)2)9-8-10-17(15)21-23(3)19-12-4-5-13-20(19)24-21/h4-14H,1-3H3/q+2. The van der Waals surface area contributed by atoms with Crippen LogP contribution in [0.25, 0.3) is 33.8 Å². The van der Waals surface area contributed by atoms with E-state index in [1.165, 1.54) is 16.8 Å². The van der Waals surface area contributed by atoms with E-state index in [2.05, 4.69) is 72.7 Å². The molecule has 0 aliphatic heterocycles. The van der Waals surface area contributed by atoms with Crippen LogP contribution in [0.4, 0.5) is 0 Å². The maximum absolute atomic E-state index is 6.14. The van der Waals surface area contributed by atoms with Crippen LogP contribution in [0, 0.1) is 6.92 Å². The molecule has 0 radical (unpaired) electrons. The molecule has 0 fully saturated rings. The second-order valence-corrected chi connectivity index (χ2v) is 6.11. The lowest BCUT2D eigenvalue weighted by molar-refractivity contribution is -0.660. The van der Waals surface area contributed by atoms with Gasteiger partial charge in [-0.3, -0.25) is 0 Å². The molecule has 0 aliphatic rings. The fourth-order valence-corrected chi connectivity index (χ4v) is 3.29. The van der Waals surface area contributed by atoms with Crippen LogP contribution in [0.3, 0.4) is 0 Å². The van der Waals surface area contributed by atoms with Gasteiger partial charge in [0.1, 0.15) is 14.1 Å². The average Bonchev–Trinajstić information content (AvgIpc) is 2.93. The summed E-state index contributed by atoms with van der Waals surface area (Å²) in [5.74, 6) is 0.883. The first-order chi connectivity index (χ1) is 11.7. The molecule has 0 atom stereocenters. The molecule has 2 aromatic heterocycles. The van der Waals surface area contributed by atoms with Gasteiger partial charge in [0.15, 0.2) is 6.20 Å². The maximum Gasteiger partial charge on any atom is 0.381 e. The Balaban J connectivity index is 1.95. The highest BCUT2D eigenvalue weighted by molar-refractivity contribution is 5.75. The molecule has 24 heavy (non-hydrogen) atoms. The minimum atomic E-state index is 0.883. The minimum Gasteiger partial charge on any atom is -0.398 e. The molecule has 3 heteroatoms. The van der Waals surface area contributed by atoms with Crippen LogP contribution in [0.2, 0.25) is 0 Å². The van der Waals surface area contributed by atoms with E-state index >= 15 is 0 Å². The van der Waals surface area contributed by atoms with Crippen molar-refractivity contribution in [3.8, 4) is 22.7 Å². The maximum atomic E-state index is 6.14. The molecular weight excluding hydrogens is 296 g/mol. The molecule has 4 aromatic rings. The fraction of sp³-hybridized carbons (Fsp3) is 0.143. The van der Waals surface area contributed by atoms with E-state index in [0.29, 0.717) is 0 Å². The number of nitrogens with zero attached hydrogens (tertiary/aromatic N) is 2. The first-order valence-corrected chi connectivity index (χ1v) is 8.09. The van der Waals surface area contributed by atoms with Gasteiger partial charge in [0, 0.05) is 18.2 Å². The molecule has 0 bridgehead atoms. The van der Waals surface area contributed by atoms with Gasteiger partial charge in [0.05, 0.1) is 11.1 Å². The lowest BCUT2D eigenvalue weighted by Crippen LogP contribution is -2.30. The molecule has 0 unspecified atom stereocenters. The van der Waals surface area contributed by atoms with E-state index < -0.39 is 0 Å². The molecule has 2 heterocycles. The van der Waals surface area contributed by atoms with E-state index in [4.69, 9.17) is 4.42 Å². The Morgan fingerprint density at radius 3 is 2.33 bits per heavy atom. The van der Waals surface area contributed by atoms with Gasteiger partial charge in [-0.1, -0.05) is 18.2 Å². The topological polar surface area (TPSA) is 20.9 Å². The van der Waals surface area contributed by atoms with Crippen molar-refractivity contribution in [3.63, 3.8) is 0 Å². The Morgan fingerprint density at radius 2 is 1.54 bits per heavy atom.